The molecular formula is C12H13Cl2NO5S. The first-order valence-corrected chi connectivity index (χ1v) is 8.20. The normalized spacial score (nSPS) is 23.4. The number of ether oxygens (including phenoxy) is 1. The largest absolute Gasteiger partial charge is 0.480 e. The molecule has 21 heavy (non-hydrogen) atoms. The summed E-state index contributed by atoms with van der Waals surface area (Å²) in [6.45, 7) is 0.0575. The van der Waals surface area contributed by atoms with Crippen molar-refractivity contribution in [2.45, 2.75) is 23.5 Å². The minimum Gasteiger partial charge on any atom is -0.480 e. The van der Waals surface area contributed by atoms with Gasteiger partial charge in [0, 0.05) is 23.7 Å². The van der Waals surface area contributed by atoms with E-state index < -0.39 is 28.1 Å². The molecule has 1 aliphatic heterocycles. The number of methoxy groups -OCH3 is 1. The molecule has 0 aliphatic carbocycles. The summed E-state index contributed by atoms with van der Waals surface area (Å²) in [5, 5.41) is 9.59. The van der Waals surface area contributed by atoms with Crippen LogP contribution in [0.5, 0.6) is 0 Å². The van der Waals surface area contributed by atoms with Crippen molar-refractivity contribution in [2.24, 2.45) is 0 Å². The van der Waals surface area contributed by atoms with Crippen molar-refractivity contribution in [3.05, 3.63) is 28.2 Å². The van der Waals surface area contributed by atoms with Gasteiger partial charge in [-0.2, -0.15) is 4.31 Å². The van der Waals surface area contributed by atoms with Gasteiger partial charge in [0.1, 0.15) is 6.04 Å². The quantitative estimate of drug-likeness (QED) is 0.892. The van der Waals surface area contributed by atoms with Gasteiger partial charge in [0.25, 0.3) is 0 Å². The van der Waals surface area contributed by atoms with E-state index in [-0.39, 0.29) is 21.5 Å². The summed E-state index contributed by atoms with van der Waals surface area (Å²) in [5.74, 6) is -1.25. The van der Waals surface area contributed by atoms with E-state index >= 15 is 0 Å². The van der Waals surface area contributed by atoms with Crippen LogP contribution in [0.3, 0.4) is 0 Å². The predicted molar refractivity (Wildman–Crippen MR) is 77.2 cm³/mol. The molecule has 0 radical (unpaired) electrons. The van der Waals surface area contributed by atoms with Crippen LogP contribution < -0.4 is 0 Å². The molecule has 0 spiro atoms. The Hall–Kier alpha value is -0.860. The number of benzene rings is 1. The zero-order valence-electron chi connectivity index (χ0n) is 11.0. The van der Waals surface area contributed by atoms with E-state index in [9.17, 15) is 18.3 Å². The van der Waals surface area contributed by atoms with Gasteiger partial charge in [-0.25, -0.2) is 8.42 Å². The summed E-state index contributed by atoms with van der Waals surface area (Å²) >= 11 is 11.6. The Labute approximate surface area is 132 Å². The van der Waals surface area contributed by atoms with Crippen molar-refractivity contribution in [1.29, 1.82) is 0 Å². The fourth-order valence-corrected chi connectivity index (χ4v) is 4.70. The highest BCUT2D eigenvalue weighted by atomic mass is 35.5. The highest BCUT2D eigenvalue weighted by Crippen LogP contribution is 2.30. The molecule has 6 nitrogen and oxygen atoms in total. The van der Waals surface area contributed by atoms with E-state index in [4.69, 9.17) is 27.9 Å². The second kappa shape index (κ2) is 6.10. The number of hydrogen-bond acceptors (Lipinski definition) is 4. The number of aliphatic carboxylic acids is 1. The zero-order chi connectivity index (χ0) is 15.8. The average molecular weight is 354 g/mol. The van der Waals surface area contributed by atoms with Crippen LogP contribution in [0.4, 0.5) is 0 Å². The Bertz CT molecular complexity index is 643. The first-order chi connectivity index (χ1) is 9.77. The third-order valence-corrected chi connectivity index (χ3v) is 5.59. The molecule has 0 aromatic heterocycles. The molecule has 1 aromatic rings. The van der Waals surface area contributed by atoms with Gasteiger partial charge in [0.2, 0.25) is 10.0 Å². The Morgan fingerprint density at radius 3 is 2.38 bits per heavy atom. The van der Waals surface area contributed by atoms with E-state index in [0.717, 1.165) is 4.31 Å². The fraction of sp³-hybridized carbons (Fsp3) is 0.417. The molecule has 0 amide bonds. The Morgan fingerprint density at radius 2 is 1.90 bits per heavy atom. The van der Waals surface area contributed by atoms with Crippen LogP contribution in [0.25, 0.3) is 0 Å². The highest BCUT2D eigenvalue weighted by molar-refractivity contribution is 7.89. The van der Waals surface area contributed by atoms with Crippen LogP contribution in [0.15, 0.2) is 23.1 Å². The van der Waals surface area contributed by atoms with Gasteiger partial charge in [-0.1, -0.05) is 23.2 Å². The van der Waals surface area contributed by atoms with E-state index in [1.165, 1.54) is 25.3 Å². The first kappa shape index (κ1) is 16.5. The van der Waals surface area contributed by atoms with Gasteiger partial charge < -0.3 is 9.84 Å². The van der Waals surface area contributed by atoms with Gasteiger partial charge >= 0.3 is 5.97 Å². The van der Waals surface area contributed by atoms with Crippen LogP contribution in [0.2, 0.25) is 10.0 Å². The number of halogens is 2. The molecule has 1 fully saturated rings. The molecule has 0 saturated carbocycles. The monoisotopic (exact) mass is 353 g/mol. The Kier molecular flexibility index (Phi) is 4.79. The van der Waals surface area contributed by atoms with Gasteiger partial charge in [-0.05, 0) is 24.6 Å². The maximum Gasteiger partial charge on any atom is 0.324 e. The van der Waals surface area contributed by atoms with E-state index in [2.05, 4.69) is 0 Å². The van der Waals surface area contributed by atoms with Crippen LogP contribution in [-0.2, 0) is 19.6 Å². The molecule has 1 unspecified atom stereocenters. The Balaban J connectivity index is 2.45. The topological polar surface area (TPSA) is 83.9 Å². The molecular weight excluding hydrogens is 341 g/mol. The predicted octanol–water partition coefficient (Wildman–Crippen LogP) is 1.86. The van der Waals surface area contributed by atoms with Crippen LogP contribution >= 0.6 is 23.2 Å². The molecule has 2 rings (SSSR count). The molecule has 1 aromatic carbocycles. The number of carboxylic acids is 1. The summed E-state index contributed by atoms with van der Waals surface area (Å²) in [6.07, 6.45) is -0.381. The number of hydrogen-bond donors (Lipinski definition) is 1. The van der Waals surface area contributed by atoms with Crippen LogP contribution in [-0.4, -0.2) is 49.6 Å². The number of carbonyl (C=O) groups is 1. The zero-order valence-corrected chi connectivity index (χ0v) is 13.3. The summed E-state index contributed by atoms with van der Waals surface area (Å²) < 4.78 is 31.2. The van der Waals surface area contributed by atoms with E-state index in [1.807, 2.05) is 0 Å². The number of carboxylic acid groups (broad SMARTS) is 1. The minimum absolute atomic E-state index is 0.0575. The lowest BCUT2D eigenvalue weighted by atomic mass is 10.2. The second-order valence-corrected chi connectivity index (χ2v) is 7.33. The summed E-state index contributed by atoms with van der Waals surface area (Å²) in [6, 6.07) is 2.61. The maximum atomic E-state index is 12.6. The molecule has 2 atom stereocenters. The van der Waals surface area contributed by atoms with Gasteiger partial charge in [-0.15, -0.1) is 0 Å². The lowest BCUT2D eigenvalue weighted by molar-refractivity contribution is -0.143. The molecule has 116 valence electrons. The summed E-state index contributed by atoms with van der Waals surface area (Å²) in [4.78, 5) is 11.2. The maximum absolute atomic E-state index is 12.6. The fourth-order valence-electron chi connectivity index (χ4n) is 2.35. The van der Waals surface area contributed by atoms with Gasteiger partial charge in [0.15, 0.2) is 0 Å². The number of sulfonamides is 1. The lowest BCUT2D eigenvalue weighted by Gasteiger charge is -2.23. The van der Waals surface area contributed by atoms with Crippen LogP contribution in [0, 0.1) is 0 Å². The van der Waals surface area contributed by atoms with Gasteiger partial charge in [-0.3, -0.25) is 4.79 Å². The molecule has 1 saturated heterocycles. The van der Waals surface area contributed by atoms with Crippen molar-refractivity contribution < 1.29 is 23.1 Å². The van der Waals surface area contributed by atoms with Crippen molar-refractivity contribution in [1.82, 2.24) is 4.31 Å². The highest BCUT2D eigenvalue weighted by Gasteiger charge is 2.46. The summed E-state index contributed by atoms with van der Waals surface area (Å²) in [7, 11) is -2.66. The molecule has 0 bridgehead atoms. The van der Waals surface area contributed by atoms with Gasteiger partial charge in [0.05, 0.1) is 11.0 Å². The smallest absolute Gasteiger partial charge is 0.324 e. The van der Waals surface area contributed by atoms with Crippen LogP contribution in [0.1, 0.15) is 6.42 Å². The van der Waals surface area contributed by atoms with Crippen molar-refractivity contribution >= 4 is 39.2 Å². The minimum atomic E-state index is -4.02. The lowest BCUT2D eigenvalue weighted by Crippen LogP contribution is -2.45. The second-order valence-electron chi connectivity index (χ2n) is 4.57. The third kappa shape index (κ3) is 3.17. The third-order valence-electron chi connectivity index (χ3n) is 3.29. The molecule has 1 N–H and O–H groups in total. The van der Waals surface area contributed by atoms with Crippen molar-refractivity contribution in [2.75, 3.05) is 13.7 Å². The number of rotatable bonds is 4. The van der Waals surface area contributed by atoms with E-state index in [0.29, 0.717) is 6.42 Å². The average Bonchev–Trinajstić information content (AvgIpc) is 2.82. The van der Waals surface area contributed by atoms with Crippen molar-refractivity contribution in [3.63, 3.8) is 0 Å². The first-order valence-electron chi connectivity index (χ1n) is 6.01. The summed E-state index contributed by atoms with van der Waals surface area (Å²) in [5.41, 5.74) is 0. The standard InChI is InChI=1S/C12H13Cl2NO5S/c1-20-10-2-3-15(11(10)12(16)17)21(18,19)9-5-7(13)4-8(14)6-9/h4-6,10-11H,2-3H2,1H3,(H,16,17)/t10-,11?/m1/s1. The molecule has 1 aliphatic rings. The van der Waals surface area contributed by atoms with E-state index in [1.54, 1.807) is 0 Å². The SMILES string of the molecule is CO[C@@H]1CCN(S(=O)(=O)c2cc(Cl)cc(Cl)c2)C1C(=O)O. The number of nitrogens with zero attached hydrogens (tertiary/aromatic N) is 1. The van der Waals surface area contributed by atoms with Crippen molar-refractivity contribution in [3.8, 4) is 0 Å². The molecule has 9 heteroatoms. The molecule has 1 heterocycles. The Morgan fingerprint density at radius 1 is 1.33 bits per heavy atom.